The van der Waals surface area contributed by atoms with Crippen LogP contribution < -0.4 is 5.32 Å². The highest BCUT2D eigenvalue weighted by Gasteiger charge is 2.47. The van der Waals surface area contributed by atoms with Gasteiger partial charge in [-0.3, -0.25) is 0 Å². The minimum Gasteiger partial charge on any atom is -0.479 e. The summed E-state index contributed by atoms with van der Waals surface area (Å²) in [6.07, 6.45) is 1.60. The number of benzene rings is 2. The normalized spacial score (nSPS) is 24.0. The Kier molecular flexibility index (Phi) is 5.39. The molecule has 4 heteroatoms. The smallest absolute Gasteiger partial charge is 0.329 e. The van der Waals surface area contributed by atoms with Gasteiger partial charge in [-0.15, -0.1) is 0 Å². The van der Waals surface area contributed by atoms with Gasteiger partial charge in [0, 0.05) is 31.2 Å². The van der Waals surface area contributed by atoms with Crippen LogP contribution in [0.25, 0.3) is 0 Å². The molecule has 1 aliphatic heterocycles. The molecular weight excluding hydrogens is 312 g/mol. The van der Waals surface area contributed by atoms with Crippen molar-refractivity contribution in [2.75, 3.05) is 25.0 Å². The van der Waals surface area contributed by atoms with Gasteiger partial charge in [0.2, 0.25) is 0 Å². The number of hydrogen-bond donors (Lipinski definition) is 2. The molecule has 0 aliphatic carbocycles. The van der Waals surface area contributed by atoms with Crippen LogP contribution in [0.1, 0.15) is 18.9 Å². The number of rotatable bonds is 6. The SMILES string of the molecule is C[C@@H]1CN(CCc2ccccc2)CC[C@@]1(Nc1ccccc1)C(=O)O. The molecule has 0 unspecified atom stereocenters. The monoisotopic (exact) mass is 338 g/mol. The lowest BCUT2D eigenvalue weighted by Gasteiger charge is -2.44. The number of nitrogens with zero attached hydrogens (tertiary/aromatic N) is 1. The molecule has 2 aromatic rings. The van der Waals surface area contributed by atoms with E-state index in [1.807, 2.05) is 43.3 Å². The van der Waals surface area contributed by atoms with E-state index in [0.717, 1.165) is 31.7 Å². The van der Waals surface area contributed by atoms with Gasteiger partial charge in [-0.1, -0.05) is 55.5 Å². The number of para-hydroxylation sites is 1. The van der Waals surface area contributed by atoms with Crippen LogP contribution in [0.2, 0.25) is 0 Å². The highest BCUT2D eigenvalue weighted by atomic mass is 16.4. The maximum atomic E-state index is 12.1. The fourth-order valence-corrected chi connectivity index (χ4v) is 3.69. The van der Waals surface area contributed by atoms with Crippen LogP contribution in [0.15, 0.2) is 60.7 Å². The van der Waals surface area contributed by atoms with Gasteiger partial charge in [0.25, 0.3) is 0 Å². The van der Waals surface area contributed by atoms with Gasteiger partial charge in [-0.2, -0.15) is 0 Å². The zero-order valence-corrected chi connectivity index (χ0v) is 14.7. The number of carboxylic acids is 1. The van der Waals surface area contributed by atoms with E-state index in [2.05, 4.69) is 34.5 Å². The van der Waals surface area contributed by atoms with E-state index in [1.165, 1.54) is 5.56 Å². The summed E-state index contributed by atoms with van der Waals surface area (Å²) < 4.78 is 0. The molecule has 1 saturated heterocycles. The van der Waals surface area contributed by atoms with Crippen LogP contribution in [0, 0.1) is 5.92 Å². The number of carboxylic acid groups (broad SMARTS) is 1. The van der Waals surface area contributed by atoms with Gasteiger partial charge in [0.05, 0.1) is 0 Å². The van der Waals surface area contributed by atoms with Gasteiger partial charge >= 0.3 is 5.97 Å². The van der Waals surface area contributed by atoms with E-state index in [0.29, 0.717) is 6.42 Å². The van der Waals surface area contributed by atoms with Crippen LogP contribution in [-0.4, -0.2) is 41.1 Å². The van der Waals surface area contributed by atoms with Crippen molar-refractivity contribution >= 4 is 11.7 Å². The Morgan fingerprint density at radius 1 is 1.16 bits per heavy atom. The maximum Gasteiger partial charge on any atom is 0.329 e. The number of hydrogen-bond acceptors (Lipinski definition) is 3. The molecule has 0 spiro atoms. The number of anilines is 1. The van der Waals surface area contributed by atoms with Crippen molar-refractivity contribution in [3.8, 4) is 0 Å². The van der Waals surface area contributed by atoms with Crippen molar-refractivity contribution in [2.45, 2.75) is 25.3 Å². The van der Waals surface area contributed by atoms with Crippen LogP contribution in [0.3, 0.4) is 0 Å². The summed E-state index contributed by atoms with van der Waals surface area (Å²) in [7, 11) is 0. The fraction of sp³-hybridized carbons (Fsp3) is 0.381. The molecule has 0 aromatic heterocycles. The van der Waals surface area contributed by atoms with Crippen LogP contribution in [0.5, 0.6) is 0 Å². The molecule has 0 saturated carbocycles. The zero-order chi connectivity index (χ0) is 17.7. The first kappa shape index (κ1) is 17.5. The van der Waals surface area contributed by atoms with Crippen molar-refractivity contribution in [3.63, 3.8) is 0 Å². The van der Waals surface area contributed by atoms with Gasteiger partial charge < -0.3 is 15.3 Å². The highest BCUT2D eigenvalue weighted by Crippen LogP contribution is 2.32. The lowest BCUT2D eigenvalue weighted by molar-refractivity contribution is -0.146. The molecular formula is C21H26N2O2. The molecule has 25 heavy (non-hydrogen) atoms. The van der Waals surface area contributed by atoms with Gasteiger partial charge in [0.15, 0.2) is 0 Å². The van der Waals surface area contributed by atoms with E-state index < -0.39 is 11.5 Å². The summed E-state index contributed by atoms with van der Waals surface area (Å²) in [5.41, 5.74) is 1.30. The first-order chi connectivity index (χ1) is 12.1. The average Bonchev–Trinajstić information content (AvgIpc) is 2.63. The Morgan fingerprint density at radius 2 is 1.80 bits per heavy atom. The Hall–Kier alpha value is -2.33. The number of carbonyl (C=O) groups is 1. The number of piperidine rings is 1. The molecule has 2 aromatic carbocycles. The van der Waals surface area contributed by atoms with E-state index >= 15 is 0 Å². The van der Waals surface area contributed by atoms with Gasteiger partial charge in [-0.05, 0) is 30.5 Å². The standard InChI is InChI=1S/C21H26N2O2/c1-17-16-23(14-12-18-8-4-2-5-9-18)15-13-21(17,20(24)25)22-19-10-6-3-7-11-19/h2-11,17,22H,12-16H2,1H3,(H,24,25)/t17-,21+/m1/s1. The lowest BCUT2D eigenvalue weighted by atomic mass is 9.78. The third-order valence-electron chi connectivity index (χ3n) is 5.28. The summed E-state index contributed by atoms with van der Waals surface area (Å²) in [4.78, 5) is 14.5. The summed E-state index contributed by atoms with van der Waals surface area (Å²) in [6, 6.07) is 20.1. The van der Waals surface area contributed by atoms with Crippen LogP contribution >= 0.6 is 0 Å². The second kappa shape index (κ2) is 7.70. The second-order valence-corrected chi connectivity index (χ2v) is 6.95. The number of aliphatic carboxylic acids is 1. The molecule has 3 rings (SSSR count). The molecule has 4 nitrogen and oxygen atoms in total. The minimum absolute atomic E-state index is 0.0229. The van der Waals surface area contributed by atoms with Crippen molar-refractivity contribution < 1.29 is 9.90 Å². The molecule has 0 amide bonds. The Balaban J connectivity index is 1.65. The third kappa shape index (κ3) is 4.02. The van der Waals surface area contributed by atoms with Crippen molar-refractivity contribution in [2.24, 2.45) is 5.92 Å². The molecule has 0 radical (unpaired) electrons. The number of nitrogens with one attached hydrogen (secondary N) is 1. The van der Waals surface area contributed by atoms with Crippen LogP contribution in [0.4, 0.5) is 5.69 Å². The predicted molar refractivity (Wildman–Crippen MR) is 101 cm³/mol. The Labute approximate surface area is 149 Å². The molecule has 1 heterocycles. The first-order valence-corrected chi connectivity index (χ1v) is 8.93. The van der Waals surface area contributed by atoms with Gasteiger partial charge in [0.1, 0.15) is 5.54 Å². The first-order valence-electron chi connectivity index (χ1n) is 8.93. The van der Waals surface area contributed by atoms with E-state index in [4.69, 9.17) is 0 Å². The summed E-state index contributed by atoms with van der Waals surface area (Å²) in [5, 5.41) is 13.2. The quantitative estimate of drug-likeness (QED) is 0.846. The predicted octanol–water partition coefficient (Wildman–Crippen LogP) is 3.51. The second-order valence-electron chi connectivity index (χ2n) is 6.95. The van der Waals surface area contributed by atoms with Crippen molar-refractivity contribution in [1.29, 1.82) is 0 Å². The molecule has 2 atom stereocenters. The summed E-state index contributed by atoms with van der Waals surface area (Å²) in [5.74, 6) is -0.735. The van der Waals surface area contributed by atoms with E-state index in [1.54, 1.807) is 0 Å². The Morgan fingerprint density at radius 3 is 2.40 bits per heavy atom. The maximum absolute atomic E-state index is 12.1. The van der Waals surface area contributed by atoms with Gasteiger partial charge in [-0.25, -0.2) is 4.79 Å². The highest BCUT2D eigenvalue weighted by molar-refractivity contribution is 5.83. The summed E-state index contributed by atoms with van der Waals surface area (Å²) in [6.45, 7) is 4.59. The van der Waals surface area contributed by atoms with Crippen LogP contribution in [-0.2, 0) is 11.2 Å². The number of likely N-dealkylation sites (tertiary alicyclic amines) is 1. The topological polar surface area (TPSA) is 52.6 Å². The molecule has 0 bridgehead atoms. The molecule has 132 valence electrons. The van der Waals surface area contributed by atoms with E-state index in [-0.39, 0.29) is 5.92 Å². The largest absolute Gasteiger partial charge is 0.479 e. The van der Waals surface area contributed by atoms with Crippen molar-refractivity contribution in [1.82, 2.24) is 4.90 Å². The van der Waals surface area contributed by atoms with Crippen molar-refractivity contribution in [3.05, 3.63) is 66.2 Å². The average molecular weight is 338 g/mol. The summed E-state index contributed by atoms with van der Waals surface area (Å²) >= 11 is 0. The van der Waals surface area contributed by atoms with E-state index in [9.17, 15) is 9.90 Å². The minimum atomic E-state index is -0.898. The molecule has 2 N–H and O–H groups in total. The fourth-order valence-electron chi connectivity index (χ4n) is 3.69. The molecule has 1 fully saturated rings. The zero-order valence-electron chi connectivity index (χ0n) is 14.7. The lowest BCUT2D eigenvalue weighted by Crippen LogP contribution is -2.60. The molecule has 1 aliphatic rings. The Bertz CT molecular complexity index is 690. The third-order valence-corrected chi connectivity index (χ3v) is 5.28.